The van der Waals surface area contributed by atoms with Gasteiger partial charge in [0, 0.05) is 16.8 Å². The van der Waals surface area contributed by atoms with Crippen LogP contribution in [0, 0.1) is 11.8 Å². The highest BCUT2D eigenvalue weighted by Gasteiger charge is 2.64. The molecule has 0 bridgehead atoms. The van der Waals surface area contributed by atoms with E-state index in [1.165, 1.54) is 19.1 Å². The number of halogens is 1. The highest BCUT2D eigenvalue weighted by atomic mass is 35.5. The summed E-state index contributed by atoms with van der Waals surface area (Å²) in [5.74, 6) is -1.64. The van der Waals surface area contributed by atoms with Crippen molar-refractivity contribution in [3.8, 4) is 11.5 Å². The van der Waals surface area contributed by atoms with Gasteiger partial charge in [0.25, 0.3) is 0 Å². The molecule has 3 aromatic carbocycles. The predicted octanol–water partition coefficient (Wildman–Crippen LogP) is 4.76. The molecule has 2 amide bonds. The van der Waals surface area contributed by atoms with Gasteiger partial charge in [-0.15, -0.1) is 0 Å². The van der Waals surface area contributed by atoms with Crippen LogP contribution in [0.1, 0.15) is 27.5 Å². The Morgan fingerprint density at radius 2 is 1.57 bits per heavy atom. The molecular weight excluding hydrogens is 492 g/mol. The van der Waals surface area contributed by atoms with Gasteiger partial charge in [-0.1, -0.05) is 35.9 Å². The van der Waals surface area contributed by atoms with Gasteiger partial charge in [0.15, 0.2) is 17.3 Å². The Labute approximate surface area is 218 Å². The van der Waals surface area contributed by atoms with E-state index in [4.69, 9.17) is 21.1 Å². The first-order valence-corrected chi connectivity index (χ1v) is 12.3. The number of methoxy groups -OCH3 is 2. The van der Waals surface area contributed by atoms with Crippen LogP contribution in [0.2, 0.25) is 5.02 Å². The summed E-state index contributed by atoms with van der Waals surface area (Å²) in [6, 6.07) is 18.0. The van der Waals surface area contributed by atoms with Gasteiger partial charge in [-0.25, -0.2) is 4.90 Å². The smallest absolute Gasteiger partial charge is 0.240 e. The van der Waals surface area contributed by atoms with E-state index < -0.39 is 29.8 Å². The van der Waals surface area contributed by atoms with Crippen molar-refractivity contribution >= 4 is 41.0 Å². The zero-order chi connectivity index (χ0) is 25.8. The molecule has 186 valence electrons. The van der Waals surface area contributed by atoms with Gasteiger partial charge in [0.05, 0.1) is 37.8 Å². The molecule has 0 aliphatic carbocycles. The average Bonchev–Trinajstić information content (AvgIpc) is 3.40. The Morgan fingerprint density at radius 3 is 2.30 bits per heavy atom. The van der Waals surface area contributed by atoms with Crippen molar-refractivity contribution in [2.45, 2.75) is 12.1 Å². The maximum Gasteiger partial charge on any atom is 0.240 e. The maximum absolute atomic E-state index is 14.1. The molecule has 37 heavy (non-hydrogen) atoms. The molecule has 3 aromatic rings. The fourth-order valence-electron chi connectivity index (χ4n) is 5.86. The van der Waals surface area contributed by atoms with Crippen molar-refractivity contribution in [1.29, 1.82) is 0 Å². The summed E-state index contributed by atoms with van der Waals surface area (Å²) in [6.45, 7) is 0. The number of carbonyl (C=O) groups excluding carboxylic acids is 3. The number of imide groups is 1. The summed E-state index contributed by atoms with van der Waals surface area (Å²) in [6.07, 6.45) is 3.76. The predicted molar refractivity (Wildman–Crippen MR) is 139 cm³/mol. The normalized spacial score (nSPS) is 23.5. The Bertz CT molecular complexity index is 1470. The lowest BCUT2D eigenvalue weighted by atomic mass is 9.83. The van der Waals surface area contributed by atoms with Gasteiger partial charge in [-0.3, -0.25) is 14.4 Å². The molecule has 0 unspecified atom stereocenters. The zero-order valence-corrected chi connectivity index (χ0v) is 20.9. The standard InChI is InChI=1S/C29H23ClN2O5/c1-36-21-12-7-17(15-22(21)37-2)27(33)26-24-23(25-20-6-4-3-5-16(20)13-14-31(25)26)28(34)32(29(24)35)19-10-8-18(30)9-11-19/h3-15,23-26H,1-2H3/t23-,24+,25+,26-/m0/s1. The molecule has 2 fully saturated rings. The average molecular weight is 515 g/mol. The summed E-state index contributed by atoms with van der Waals surface area (Å²) in [5.41, 5.74) is 2.70. The Kier molecular flexibility index (Phi) is 5.53. The number of fused-ring (bicyclic) bond motifs is 5. The second kappa shape index (κ2) is 8.78. The highest BCUT2D eigenvalue weighted by molar-refractivity contribution is 6.31. The number of carbonyl (C=O) groups is 3. The summed E-state index contributed by atoms with van der Waals surface area (Å²) >= 11 is 6.05. The summed E-state index contributed by atoms with van der Waals surface area (Å²) in [5, 5.41) is 0.502. The van der Waals surface area contributed by atoms with Gasteiger partial charge >= 0.3 is 0 Å². The lowest BCUT2D eigenvalue weighted by Gasteiger charge is -2.35. The second-order valence-electron chi connectivity index (χ2n) is 9.26. The van der Waals surface area contributed by atoms with E-state index in [-0.39, 0.29) is 11.7 Å². The zero-order valence-electron chi connectivity index (χ0n) is 20.1. The Hall–Kier alpha value is -4.10. The van der Waals surface area contributed by atoms with Crippen molar-refractivity contribution in [2.24, 2.45) is 11.8 Å². The quantitative estimate of drug-likeness (QED) is 0.361. The summed E-state index contributed by atoms with van der Waals surface area (Å²) in [7, 11) is 3.02. The van der Waals surface area contributed by atoms with E-state index in [0.717, 1.165) is 11.1 Å². The molecule has 0 spiro atoms. The van der Waals surface area contributed by atoms with E-state index in [1.54, 1.807) is 42.5 Å². The molecule has 0 radical (unpaired) electrons. The monoisotopic (exact) mass is 514 g/mol. The van der Waals surface area contributed by atoms with Crippen LogP contribution in [0.15, 0.2) is 72.9 Å². The van der Waals surface area contributed by atoms with Crippen LogP contribution in [0.4, 0.5) is 5.69 Å². The van der Waals surface area contributed by atoms with Crippen LogP contribution in [-0.2, 0) is 9.59 Å². The first-order valence-electron chi connectivity index (χ1n) is 11.9. The number of ketones is 1. The molecule has 0 saturated carbocycles. The van der Waals surface area contributed by atoms with E-state index in [2.05, 4.69) is 0 Å². The van der Waals surface area contributed by atoms with E-state index in [0.29, 0.717) is 27.8 Å². The fraction of sp³-hybridized carbons (Fsp3) is 0.207. The molecule has 2 saturated heterocycles. The number of hydrogen-bond donors (Lipinski definition) is 0. The lowest BCUT2D eigenvalue weighted by Crippen LogP contribution is -2.44. The molecular formula is C29H23ClN2O5. The molecule has 0 aromatic heterocycles. The Morgan fingerprint density at radius 1 is 0.865 bits per heavy atom. The van der Waals surface area contributed by atoms with E-state index in [1.807, 2.05) is 41.4 Å². The van der Waals surface area contributed by atoms with Crippen LogP contribution in [0.25, 0.3) is 6.08 Å². The van der Waals surface area contributed by atoms with Gasteiger partial charge in [-0.2, -0.15) is 0 Å². The van der Waals surface area contributed by atoms with Gasteiger partial charge in [-0.05, 0) is 59.7 Å². The largest absolute Gasteiger partial charge is 0.493 e. The minimum absolute atomic E-state index is 0.262. The van der Waals surface area contributed by atoms with Crippen molar-refractivity contribution in [3.05, 3.63) is 94.6 Å². The van der Waals surface area contributed by atoms with Crippen molar-refractivity contribution in [3.63, 3.8) is 0 Å². The molecule has 3 aliphatic rings. The molecule has 3 heterocycles. The SMILES string of the molecule is COc1ccc(C(=O)[C@@H]2[C@@H]3C(=O)N(c4ccc(Cl)cc4)C(=O)[C@@H]3[C@H]3c4ccccc4C=CN23)cc1OC. The van der Waals surface area contributed by atoms with Gasteiger partial charge in [0.2, 0.25) is 11.8 Å². The van der Waals surface area contributed by atoms with Gasteiger partial charge < -0.3 is 14.4 Å². The van der Waals surface area contributed by atoms with Crippen LogP contribution in [0.5, 0.6) is 11.5 Å². The second-order valence-corrected chi connectivity index (χ2v) is 9.69. The first kappa shape index (κ1) is 23.3. The first-order chi connectivity index (χ1) is 17.9. The molecule has 3 aliphatic heterocycles. The summed E-state index contributed by atoms with van der Waals surface area (Å²) in [4.78, 5) is 45.0. The molecule has 8 heteroatoms. The maximum atomic E-state index is 14.1. The number of anilines is 1. The number of Topliss-reactive ketones (excluding diaryl/α,β-unsaturated/α-hetero) is 1. The Balaban J connectivity index is 1.48. The van der Waals surface area contributed by atoms with Crippen molar-refractivity contribution in [2.75, 3.05) is 19.1 Å². The topological polar surface area (TPSA) is 76.2 Å². The molecule has 7 nitrogen and oxygen atoms in total. The highest BCUT2D eigenvalue weighted by Crippen LogP contribution is 2.53. The third-order valence-corrected chi connectivity index (χ3v) is 7.74. The third-order valence-electron chi connectivity index (χ3n) is 7.48. The van der Waals surface area contributed by atoms with Crippen LogP contribution in [-0.4, -0.2) is 42.8 Å². The van der Waals surface area contributed by atoms with Gasteiger partial charge in [0.1, 0.15) is 6.04 Å². The minimum Gasteiger partial charge on any atom is -0.493 e. The van der Waals surface area contributed by atoms with E-state index in [9.17, 15) is 14.4 Å². The summed E-state index contributed by atoms with van der Waals surface area (Å²) < 4.78 is 10.7. The molecule has 4 atom stereocenters. The number of rotatable bonds is 5. The van der Waals surface area contributed by atoms with Crippen LogP contribution in [0.3, 0.4) is 0 Å². The third kappa shape index (κ3) is 3.45. The fourth-order valence-corrected chi connectivity index (χ4v) is 5.99. The molecule has 0 N–H and O–H groups in total. The van der Waals surface area contributed by atoms with Crippen molar-refractivity contribution < 1.29 is 23.9 Å². The van der Waals surface area contributed by atoms with Crippen LogP contribution >= 0.6 is 11.6 Å². The number of hydrogen-bond acceptors (Lipinski definition) is 6. The molecule has 6 rings (SSSR count). The number of amides is 2. The number of nitrogens with zero attached hydrogens (tertiary/aromatic N) is 2. The van der Waals surface area contributed by atoms with Crippen LogP contribution < -0.4 is 14.4 Å². The number of ether oxygens (including phenoxy) is 2. The van der Waals surface area contributed by atoms with Crippen molar-refractivity contribution in [1.82, 2.24) is 4.90 Å². The number of benzene rings is 3. The lowest BCUT2D eigenvalue weighted by molar-refractivity contribution is -0.123. The van der Waals surface area contributed by atoms with E-state index >= 15 is 0 Å². The minimum atomic E-state index is -0.869.